The molecule has 0 aromatic rings. The summed E-state index contributed by atoms with van der Waals surface area (Å²) in [5.41, 5.74) is -2.30. The van der Waals surface area contributed by atoms with Gasteiger partial charge >= 0.3 is 0 Å². The highest BCUT2D eigenvalue weighted by Gasteiger charge is 2.61. The van der Waals surface area contributed by atoms with Crippen LogP contribution in [-0.4, -0.2) is 52.8 Å². The molecule has 14 heavy (non-hydrogen) atoms. The molecule has 6 heteroatoms. The Labute approximate surface area is 80.8 Å². The highest BCUT2D eigenvalue weighted by molar-refractivity contribution is 5.02. The summed E-state index contributed by atoms with van der Waals surface area (Å²) >= 11 is 0. The fourth-order valence-corrected chi connectivity index (χ4v) is 1.35. The molecule has 0 saturated carbocycles. The Kier molecular flexibility index (Phi) is 3.23. The van der Waals surface area contributed by atoms with Crippen molar-refractivity contribution in [1.82, 2.24) is 5.32 Å². The van der Waals surface area contributed by atoms with E-state index in [1.54, 1.807) is 0 Å². The third-order valence-electron chi connectivity index (χ3n) is 2.21. The normalized spacial score (nSPS) is 42.7. The van der Waals surface area contributed by atoms with Crippen LogP contribution in [0.3, 0.4) is 0 Å². The van der Waals surface area contributed by atoms with Crippen LogP contribution < -0.4 is 5.32 Å². The molecule has 0 aromatic heterocycles. The van der Waals surface area contributed by atoms with Crippen LogP contribution in [-0.2, 0) is 4.74 Å². The molecule has 4 N–H and O–H groups in total. The molecule has 0 unspecified atom stereocenters. The number of hydrogen-bond acceptors (Lipinski definition) is 5. The summed E-state index contributed by atoms with van der Waals surface area (Å²) in [4.78, 5) is 0. The predicted octanol–water partition coefficient (Wildman–Crippen LogP) is -1.50. The van der Waals surface area contributed by atoms with Crippen molar-refractivity contribution in [3.05, 3.63) is 12.7 Å². The number of nitrogens with one attached hydrogen (secondary N) is 1. The van der Waals surface area contributed by atoms with Gasteiger partial charge in [0.2, 0.25) is 5.72 Å². The molecule has 0 bridgehead atoms. The van der Waals surface area contributed by atoms with Crippen molar-refractivity contribution >= 4 is 0 Å². The first-order valence-electron chi connectivity index (χ1n) is 4.20. The summed E-state index contributed by atoms with van der Waals surface area (Å²) in [6.07, 6.45) is 0.193. The third kappa shape index (κ3) is 1.67. The smallest absolute Gasteiger partial charge is 0.275 e. The van der Waals surface area contributed by atoms with Crippen molar-refractivity contribution in [3.63, 3.8) is 0 Å². The van der Waals surface area contributed by atoms with Crippen LogP contribution in [0.4, 0.5) is 4.39 Å². The highest BCUT2D eigenvalue weighted by atomic mass is 19.2. The molecule has 0 radical (unpaired) electrons. The molecule has 0 spiro atoms. The van der Waals surface area contributed by atoms with E-state index in [2.05, 4.69) is 11.9 Å². The molecule has 3 atom stereocenters. The molecule has 1 fully saturated rings. The zero-order valence-electron chi connectivity index (χ0n) is 7.61. The second-order valence-corrected chi connectivity index (χ2v) is 3.18. The zero-order valence-corrected chi connectivity index (χ0v) is 7.61. The van der Waals surface area contributed by atoms with E-state index in [-0.39, 0.29) is 6.54 Å². The third-order valence-corrected chi connectivity index (χ3v) is 2.21. The average molecular weight is 207 g/mol. The van der Waals surface area contributed by atoms with Crippen molar-refractivity contribution in [2.45, 2.75) is 17.7 Å². The maximum Gasteiger partial charge on any atom is 0.275 e. The zero-order chi connectivity index (χ0) is 10.8. The molecule has 0 aromatic carbocycles. The van der Waals surface area contributed by atoms with Crippen molar-refractivity contribution in [1.29, 1.82) is 0 Å². The number of aliphatic hydroxyl groups excluding tert-OH is 1. The molecule has 1 heterocycles. The van der Waals surface area contributed by atoms with Gasteiger partial charge < -0.3 is 20.1 Å². The molecule has 5 nitrogen and oxygen atoms in total. The Morgan fingerprint density at radius 1 is 1.64 bits per heavy atom. The van der Waals surface area contributed by atoms with Crippen LogP contribution in [0.1, 0.15) is 0 Å². The second-order valence-electron chi connectivity index (χ2n) is 3.18. The Morgan fingerprint density at radius 2 is 2.29 bits per heavy atom. The number of alkyl halides is 1. The van der Waals surface area contributed by atoms with Crippen molar-refractivity contribution in [3.8, 4) is 0 Å². The molecule has 1 aliphatic rings. The molecule has 82 valence electrons. The highest BCUT2D eigenvalue weighted by Crippen LogP contribution is 2.34. The number of ether oxygens (including phenoxy) is 1. The van der Waals surface area contributed by atoms with Gasteiger partial charge in [-0.1, -0.05) is 6.08 Å². The molecular weight excluding hydrogens is 193 g/mol. The Balaban J connectivity index is 2.81. The second kappa shape index (κ2) is 3.92. The van der Waals surface area contributed by atoms with Gasteiger partial charge in [0, 0.05) is 6.54 Å². The van der Waals surface area contributed by atoms with Crippen LogP contribution in [0.5, 0.6) is 0 Å². The standard InChI is InChI=1S/C8H14FNO4/c1-2-3-10-8(13)6(4-11)14-5-7(8,9)12/h2,6,10-13H,1,3-5H2/t6-,7-,8-/m1/s1. The van der Waals surface area contributed by atoms with E-state index in [1.165, 1.54) is 6.08 Å². The Bertz CT molecular complexity index is 223. The molecule has 1 rings (SSSR count). The van der Waals surface area contributed by atoms with Crippen LogP contribution in [0, 0.1) is 0 Å². The summed E-state index contributed by atoms with van der Waals surface area (Å²) < 4.78 is 18.1. The maximum atomic E-state index is 13.4. The van der Waals surface area contributed by atoms with Crippen molar-refractivity contribution in [2.75, 3.05) is 19.8 Å². The number of aliphatic hydroxyl groups is 3. The summed E-state index contributed by atoms with van der Waals surface area (Å²) in [5, 5.41) is 30.1. The first-order valence-corrected chi connectivity index (χ1v) is 4.20. The average Bonchev–Trinajstić information content (AvgIpc) is 2.36. The van der Waals surface area contributed by atoms with Gasteiger partial charge in [0.15, 0.2) is 0 Å². The molecule has 1 aliphatic heterocycles. The molecule has 0 amide bonds. The van der Waals surface area contributed by atoms with E-state index in [9.17, 15) is 14.6 Å². The van der Waals surface area contributed by atoms with E-state index in [4.69, 9.17) is 9.84 Å². The molecular formula is C8H14FNO4. The first-order chi connectivity index (χ1) is 6.48. The van der Waals surface area contributed by atoms with E-state index >= 15 is 0 Å². The van der Waals surface area contributed by atoms with Gasteiger partial charge in [-0.05, 0) is 0 Å². The van der Waals surface area contributed by atoms with Crippen LogP contribution in [0.2, 0.25) is 0 Å². The van der Waals surface area contributed by atoms with E-state index in [1.807, 2.05) is 0 Å². The Hall–Kier alpha value is -0.530. The SMILES string of the molecule is C=CCN[C@@]1(O)[C@@H](CO)OC[C@]1(O)F. The Morgan fingerprint density at radius 3 is 2.79 bits per heavy atom. The first kappa shape index (κ1) is 11.5. The minimum atomic E-state index is -2.91. The molecule has 0 aliphatic carbocycles. The minimum absolute atomic E-state index is 0.0859. The van der Waals surface area contributed by atoms with Crippen LogP contribution >= 0.6 is 0 Å². The monoisotopic (exact) mass is 207 g/mol. The summed E-state index contributed by atoms with van der Waals surface area (Å²) in [6, 6.07) is 0. The fourth-order valence-electron chi connectivity index (χ4n) is 1.35. The van der Waals surface area contributed by atoms with Crippen LogP contribution in [0.25, 0.3) is 0 Å². The van der Waals surface area contributed by atoms with Gasteiger partial charge in [0.25, 0.3) is 5.85 Å². The van der Waals surface area contributed by atoms with Crippen molar-refractivity contribution < 1.29 is 24.4 Å². The van der Waals surface area contributed by atoms with E-state index < -0.39 is 30.9 Å². The topological polar surface area (TPSA) is 82.0 Å². The van der Waals surface area contributed by atoms with Gasteiger partial charge in [0.1, 0.15) is 12.7 Å². The van der Waals surface area contributed by atoms with E-state index in [0.29, 0.717) is 0 Å². The van der Waals surface area contributed by atoms with Gasteiger partial charge in [-0.3, -0.25) is 5.32 Å². The summed E-state index contributed by atoms with van der Waals surface area (Å²) in [7, 11) is 0. The summed E-state index contributed by atoms with van der Waals surface area (Å²) in [6.45, 7) is 2.18. The number of rotatable bonds is 4. The number of halogens is 1. The fraction of sp³-hybridized carbons (Fsp3) is 0.750. The van der Waals surface area contributed by atoms with Gasteiger partial charge in [0.05, 0.1) is 6.61 Å². The van der Waals surface area contributed by atoms with Gasteiger partial charge in [-0.15, -0.1) is 6.58 Å². The largest absolute Gasteiger partial charge is 0.393 e. The number of hydrogen-bond donors (Lipinski definition) is 4. The lowest BCUT2D eigenvalue weighted by atomic mass is 10.0. The van der Waals surface area contributed by atoms with Crippen LogP contribution in [0.15, 0.2) is 12.7 Å². The minimum Gasteiger partial charge on any atom is -0.393 e. The van der Waals surface area contributed by atoms with Gasteiger partial charge in [-0.2, -0.15) is 0 Å². The predicted molar refractivity (Wildman–Crippen MR) is 46.0 cm³/mol. The van der Waals surface area contributed by atoms with Gasteiger partial charge in [-0.25, -0.2) is 4.39 Å². The summed E-state index contributed by atoms with van der Waals surface area (Å²) in [5.74, 6) is -2.91. The lowest BCUT2D eigenvalue weighted by Gasteiger charge is -2.33. The quantitative estimate of drug-likeness (QED) is 0.333. The van der Waals surface area contributed by atoms with Crippen molar-refractivity contribution in [2.24, 2.45) is 0 Å². The lowest BCUT2D eigenvalue weighted by Crippen LogP contribution is -2.64. The maximum absolute atomic E-state index is 13.4. The lowest BCUT2D eigenvalue weighted by molar-refractivity contribution is -0.222. The molecule has 1 saturated heterocycles. The van der Waals surface area contributed by atoms with E-state index in [0.717, 1.165) is 0 Å².